The lowest BCUT2D eigenvalue weighted by Crippen LogP contribution is -2.30. The van der Waals surface area contributed by atoms with E-state index in [0.29, 0.717) is 13.2 Å². The van der Waals surface area contributed by atoms with Gasteiger partial charge in [0.05, 0.1) is 27.3 Å². The van der Waals surface area contributed by atoms with Crippen LogP contribution in [0, 0.1) is 0 Å². The summed E-state index contributed by atoms with van der Waals surface area (Å²) in [7, 11) is 4.12. The van der Waals surface area contributed by atoms with Crippen LogP contribution in [-0.4, -0.2) is 24.0 Å². The highest BCUT2D eigenvalue weighted by molar-refractivity contribution is 7.98. The molecule has 19 heavy (non-hydrogen) atoms. The second-order valence-electron chi connectivity index (χ2n) is 4.23. The fourth-order valence-electron chi connectivity index (χ4n) is 2.43. The minimum Gasteiger partial charge on any atom is -0.489 e. The number of rotatable bonds is 5. The van der Waals surface area contributed by atoms with Gasteiger partial charge in [0.1, 0.15) is 0 Å². The highest BCUT2D eigenvalue weighted by atomic mass is 32.2. The van der Waals surface area contributed by atoms with E-state index in [-0.39, 0.29) is 0 Å². The van der Waals surface area contributed by atoms with Crippen LogP contribution < -0.4 is 14.0 Å². The average Bonchev–Trinajstić information content (AvgIpc) is 2.65. The van der Waals surface area contributed by atoms with E-state index in [9.17, 15) is 0 Å². The molecular formula is C14H21N2O2S+. The van der Waals surface area contributed by atoms with Gasteiger partial charge in [-0.3, -0.25) is 0 Å². The van der Waals surface area contributed by atoms with Crippen LogP contribution in [0.3, 0.4) is 0 Å². The number of imidazole rings is 1. The standard InChI is InChI=1S/C14H21N2O2S/c1-6-17-10-8-9-11(18-7-2)13-12(10)15(3)14(19-5)16(13)4/h8-9H,6-7H2,1-5H3/q+1. The van der Waals surface area contributed by atoms with E-state index in [2.05, 4.69) is 29.5 Å². The van der Waals surface area contributed by atoms with Crippen LogP contribution in [0.25, 0.3) is 11.0 Å². The van der Waals surface area contributed by atoms with Gasteiger partial charge >= 0.3 is 5.16 Å². The van der Waals surface area contributed by atoms with Gasteiger partial charge in [-0.25, -0.2) is 9.13 Å². The number of aromatic nitrogens is 2. The first-order chi connectivity index (χ1) is 9.15. The first-order valence-electron chi connectivity index (χ1n) is 6.46. The van der Waals surface area contributed by atoms with E-state index in [1.165, 1.54) is 5.16 Å². The Morgan fingerprint density at radius 3 is 2.32 bits per heavy atom. The summed E-state index contributed by atoms with van der Waals surface area (Å²) < 4.78 is 15.8. The van der Waals surface area contributed by atoms with E-state index in [1.54, 1.807) is 11.8 Å². The van der Waals surface area contributed by atoms with Crippen molar-refractivity contribution in [2.24, 2.45) is 14.1 Å². The van der Waals surface area contributed by atoms with Crippen LogP contribution in [0.1, 0.15) is 13.8 Å². The lowest BCUT2D eigenvalue weighted by Gasteiger charge is -2.07. The molecule has 0 saturated heterocycles. The lowest BCUT2D eigenvalue weighted by atomic mass is 10.2. The summed E-state index contributed by atoms with van der Waals surface area (Å²) in [6, 6.07) is 3.97. The first-order valence-corrected chi connectivity index (χ1v) is 7.69. The summed E-state index contributed by atoms with van der Waals surface area (Å²) in [4.78, 5) is 0. The second kappa shape index (κ2) is 5.74. The molecule has 104 valence electrons. The number of fused-ring (bicyclic) bond motifs is 1. The number of benzene rings is 1. The SMILES string of the molecule is CCOc1ccc(OCC)c2c1n(C)c(SC)[n+]2C. The van der Waals surface area contributed by atoms with Crippen LogP contribution in [0.4, 0.5) is 0 Å². The molecular weight excluding hydrogens is 260 g/mol. The summed E-state index contributed by atoms with van der Waals surface area (Å²) >= 11 is 1.72. The number of thioether (sulfide) groups is 1. The summed E-state index contributed by atoms with van der Waals surface area (Å²) in [6.07, 6.45) is 2.08. The zero-order valence-corrected chi connectivity index (χ0v) is 13.0. The van der Waals surface area contributed by atoms with Crippen molar-refractivity contribution in [3.8, 4) is 11.5 Å². The van der Waals surface area contributed by atoms with E-state index in [4.69, 9.17) is 9.47 Å². The fraction of sp³-hybridized carbons (Fsp3) is 0.500. The van der Waals surface area contributed by atoms with Crippen LogP contribution in [0.2, 0.25) is 0 Å². The molecule has 0 aliphatic carbocycles. The van der Waals surface area contributed by atoms with Gasteiger partial charge in [-0.15, -0.1) is 0 Å². The molecule has 0 atom stereocenters. The molecule has 1 heterocycles. The normalized spacial score (nSPS) is 11.0. The fourth-order valence-corrected chi connectivity index (χ4v) is 3.16. The third kappa shape index (κ3) is 2.27. The zero-order valence-electron chi connectivity index (χ0n) is 12.2. The van der Waals surface area contributed by atoms with Crippen molar-refractivity contribution in [1.29, 1.82) is 0 Å². The van der Waals surface area contributed by atoms with Gasteiger partial charge in [-0.05, 0) is 44.0 Å². The maximum absolute atomic E-state index is 5.75. The number of nitrogens with zero attached hydrogens (tertiary/aromatic N) is 2. The van der Waals surface area contributed by atoms with Crippen molar-refractivity contribution in [3.05, 3.63) is 12.1 Å². The van der Waals surface area contributed by atoms with Gasteiger partial charge < -0.3 is 9.47 Å². The van der Waals surface area contributed by atoms with Crippen molar-refractivity contribution in [1.82, 2.24) is 4.57 Å². The Labute approximate surface area is 118 Å². The van der Waals surface area contributed by atoms with Crippen molar-refractivity contribution >= 4 is 22.8 Å². The van der Waals surface area contributed by atoms with Gasteiger partial charge in [0, 0.05) is 0 Å². The molecule has 0 unspecified atom stereocenters. The Balaban J connectivity index is 2.79. The van der Waals surface area contributed by atoms with Crippen molar-refractivity contribution < 1.29 is 14.0 Å². The molecule has 0 radical (unpaired) electrons. The highest BCUT2D eigenvalue weighted by Crippen LogP contribution is 2.33. The van der Waals surface area contributed by atoms with Crippen molar-refractivity contribution in [2.75, 3.05) is 19.5 Å². The van der Waals surface area contributed by atoms with Crippen LogP contribution >= 0.6 is 11.8 Å². The molecule has 2 aromatic rings. The Morgan fingerprint density at radius 1 is 1.16 bits per heavy atom. The van der Waals surface area contributed by atoms with Crippen molar-refractivity contribution in [2.45, 2.75) is 19.0 Å². The Hall–Kier alpha value is -1.36. The molecule has 0 N–H and O–H groups in total. The van der Waals surface area contributed by atoms with E-state index >= 15 is 0 Å². The van der Waals surface area contributed by atoms with Gasteiger partial charge in [-0.2, -0.15) is 0 Å². The van der Waals surface area contributed by atoms with E-state index in [0.717, 1.165) is 22.5 Å². The Bertz CT molecular complexity index is 544. The molecule has 4 nitrogen and oxygen atoms in total. The summed E-state index contributed by atoms with van der Waals surface area (Å²) in [6.45, 7) is 5.32. The van der Waals surface area contributed by atoms with E-state index in [1.807, 2.05) is 26.0 Å². The third-order valence-corrected chi connectivity index (χ3v) is 4.02. The summed E-state index contributed by atoms with van der Waals surface area (Å²) in [5.41, 5.74) is 2.17. The van der Waals surface area contributed by atoms with Crippen LogP contribution in [0.15, 0.2) is 17.3 Å². The molecule has 0 saturated carbocycles. The van der Waals surface area contributed by atoms with Gasteiger partial charge in [-0.1, -0.05) is 0 Å². The predicted octanol–water partition coefficient (Wildman–Crippen LogP) is 2.52. The van der Waals surface area contributed by atoms with E-state index < -0.39 is 0 Å². The molecule has 0 aliphatic rings. The topological polar surface area (TPSA) is 27.3 Å². The van der Waals surface area contributed by atoms with Gasteiger partial charge in [0.25, 0.3) is 0 Å². The number of ether oxygens (including phenoxy) is 2. The molecule has 0 bridgehead atoms. The molecule has 0 amide bonds. The van der Waals surface area contributed by atoms with Crippen LogP contribution in [-0.2, 0) is 14.1 Å². The summed E-state index contributed by atoms with van der Waals surface area (Å²) in [5, 5.41) is 1.17. The van der Waals surface area contributed by atoms with Gasteiger partial charge in [0.2, 0.25) is 11.0 Å². The molecule has 1 aromatic carbocycles. The zero-order chi connectivity index (χ0) is 14.0. The first kappa shape index (κ1) is 14.1. The molecule has 0 aliphatic heterocycles. The lowest BCUT2D eigenvalue weighted by molar-refractivity contribution is -0.685. The average molecular weight is 281 g/mol. The smallest absolute Gasteiger partial charge is 0.318 e. The molecule has 0 spiro atoms. The minimum atomic E-state index is 0.659. The Morgan fingerprint density at radius 2 is 1.74 bits per heavy atom. The van der Waals surface area contributed by atoms with Crippen molar-refractivity contribution in [3.63, 3.8) is 0 Å². The molecule has 0 fully saturated rings. The predicted molar refractivity (Wildman–Crippen MR) is 78.2 cm³/mol. The number of aryl methyl sites for hydroxylation is 2. The molecule has 2 rings (SSSR count). The van der Waals surface area contributed by atoms with Crippen LogP contribution in [0.5, 0.6) is 11.5 Å². The minimum absolute atomic E-state index is 0.659. The second-order valence-corrected chi connectivity index (χ2v) is 5.00. The highest BCUT2D eigenvalue weighted by Gasteiger charge is 2.26. The van der Waals surface area contributed by atoms with Gasteiger partial charge in [0.15, 0.2) is 11.5 Å². The maximum atomic E-state index is 5.75. The molecule has 1 aromatic heterocycles. The number of hydrogen-bond acceptors (Lipinski definition) is 3. The Kier molecular flexibility index (Phi) is 4.24. The quantitative estimate of drug-likeness (QED) is 0.622. The largest absolute Gasteiger partial charge is 0.489 e. The molecule has 5 heteroatoms. The maximum Gasteiger partial charge on any atom is 0.318 e. The monoisotopic (exact) mass is 281 g/mol. The third-order valence-electron chi connectivity index (χ3n) is 3.10. The number of hydrogen-bond donors (Lipinski definition) is 0. The summed E-state index contributed by atoms with van der Waals surface area (Å²) in [5.74, 6) is 1.80.